The summed E-state index contributed by atoms with van der Waals surface area (Å²) in [6, 6.07) is 10.9. The zero-order valence-electron chi connectivity index (χ0n) is 16.3. The van der Waals surface area contributed by atoms with E-state index in [4.69, 9.17) is 18.9 Å². The molecule has 0 fully saturated rings. The van der Waals surface area contributed by atoms with Crippen molar-refractivity contribution in [3.63, 3.8) is 0 Å². The average Bonchev–Trinajstić information content (AvgIpc) is 2.71. The lowest BCUT2D eigenvalue weighted by atomic mass is 10.1. The Balaban J connectivity index is 1.94. The summed E-state index contributed by atoms with van der Waals surface area (Å²) in [6.07, 6.45) is 1.32. The SMILES string of the molecule is CCCOc1ccc(C(=O)CCNc2cc(OC)c(OC)c(OC)c2)cc1. The van der Waals surface area contributed by atoms with Crippen molar-refractivity contribution < 1.29 is 23.7 Å². The Hall–Kier alpha value is -2.89. The summed E-state index contributed by atoms with van der Waals surface area (Å²) in [5.41, 5.74) is 1.46. The Labute approximate surface area is 160 Å². The van der Waals surface area contributed by atoms with Crippen molar-refractivity contribution in [3.05, 3.63) is 42.0 Å². The van der Waals surface area contributed by atoms with Crippen LogP contribution in [0.2, 0.25) is 0 Å². The lowest BCUT2D eigenvalue weighted by Crippen LogP contribution is -2.09. The highest BCUT2D eigenvalue weighted by molar-refractivity contribution is 5.96. The van der Waals surface area contributed by atoms with E-state index in [0.29, 0.717) is 42.4 Å². The van der Waals surface area contributed by atoms with Gasteiger partial charge in [-0.1, -0.05) is 6.92 Å². The molecule has 0 aliphatic heterocycles. The molecule has 6 heteroatoms. The van der Waals surface area contributed by atoms with Crippen LogP contribution in [-0.2, 0) is 0 Å². The molecule has 0 saturated carbocycles. The van der Waals surface area contributed by atoms with E-state index in [2.05, 4.69) is 12.2 Å². The largest absolute Gasteiger partial charge is 0.494 e. The molecule has 0 spiro atoms. The molecule has 0 aliphatic carbocycles. The molecule has 146 valence electrons. The van der Waals surface area contributed by atoms with E-state index in [0.717, 1.165) is 17.9 Å². The highest BCUT2D eigenvalue weighted by Crippen LogP contribution is 2.39. The lowest BCUT2D eigenvalue weighted by molar-refractivity contribution is 0.0986. The average molecular weight is 373 g/mol. The summed E-state index contributed by atoms with van der Waals surface area (Å²) in [4.78, 5) is 12.4. The van der Waals surface area contributed by atoms with Crippen LogP contribution in [0, 0.1) is 0 Å². The van der Waals surface area contributed by atoms with E-state index in [1.54, 1.807) is 33.5 Å². The number of rotatable bonds is 11. The first-order valence-corrected chi connectivity index (χ1v) is 8.92. The van der Waals surface area contributed by atoms with Crippen molar-refractivity contribution in [1.29, 1.82) is 0 Å². The Morgan fingerprint density at radius 3 is 2.11 bits per heavy atom. The summed E-state index contributed by atoms with van der Waals surface area (Å²) in [6.45, 7) is 3.22. The maximum atomic E-state index is 12.4. The number of methoxy groups -OCH3 is 3. The Kier molecular flexibility index (Phi) is 7.79. The van der Waals surface area contributed by atoms with Gasteiger partial charge in [-0.15, -0.1) is 0 Å². The standard InChI is InChI=1S/C21H27NO5/c1-5-12-27-17-8-6-15(7-9-17)18(23)10-11-22-16-13-19(24-2)21(26-4)20(14-16)25-3/h6-9,13-14,22H,5,10-12H2,1-4H3. The van der Waals surface area contributed by atoms with Gasteiger partial charge in [0.05, 0.1) is 27.9 Å². The lowest BCUT2D eigenvalue weighted by Gasteiger charge is -2.15. The minimum Gasteiger partial charge on any atom is -0.494 e. The van der Waals surface area contributed by atoms with Crippen molar-refractivity contribution in [2.24, 2.45) is 0 Å². The summed E-state index contributed by atoms with van der Waals surface area (Å²) in [7, 11) is 4.70. The number of carbonyl (C=O) groups excluding carboxylic acids is 1. The van der Waals surface area contributed by atoms with Crippen LogP contribution in [0.25, 0.3) is 0 Å². The quantitative estimate of drug-likeness (QED) is 0.596. The molecule has 2 aromatic carbocycles. The van der Waals surface area contributed by atoms with Crippen LogP contribution in [0.3, 0.4) is 0 Å². The highest BCUT2D eigenvalue weighted by Gasteiger charge is 2.13. The highest BCUT2D eigenvalue weighted by atomic mass is 16.5. The Morgan fingerprint density at radius 1 is 0.963 bits per heavy atom. The van der Waals surface area contributed by atoms with Gasteiger partial charge in [0, 0.05) is 36.3 Å². The molecule has 0 amide bonds. The number of Topliss-reactive ketones (excluding diaryl/α,β-unsaturated/α-hetero) is 1. The monoisotopic (exact) mass is 373 g/mol. The van der Waals surface area contributed by atoms with Gasteiger partial charge in [-0.25, -0.2) is 0 Å². The first kappa shape index (κ1) is 20.4. The third-order valence-electron chi connectivity index (χ3n) is 4.00. The topological polar surface area (TPSA) is 66.0 Å². The number of anilines is 1. The molecule has 0 unspecified atom stereocenters. The second-order valence-corrected chi connectivity index (χ2v) is 5.89. The van der Waals surface area contributed by atoms with E-state index in [1.807, 2.05) is 24.3 Å². The molecule has 0 heterocycles. The van der Waals surface area contributed by atoms with Gasteiger partial charge in [0.25, 0.3) is 0 Å². The van der Waals surface area contributed by atoms with E-state index < -0.39 is 0 Å². The maximum Gasteiger partial charge on any atom is 0.203 e. The van der Waals surface area contributed by atoms with Gasteiger partial charge in [0.15, 0.2) is 17.3 Å². The van der Waals surface area contributed by atoms with Crippen LogP contribution in [0.5, 0.6) is 23.0 Å². The van der Waals surface area contributed by atoms with E-state index in [1.165, 1.54) is 0 Å². The molecule has 6 nitrogen and oxygen atoms in total. The van der Waals surface area contributed by atoms with Crippen molar-refractivity contribution >= 4 is 11.5 Å². The zero-order chi connectivity index (χ0) is 19.6. The van der Waals surface area contributed by atoms with Gasteiger partial charge in [0.2, 0.25) is 5.75 Å². The zero-order valence-corrected chi connectivity index (χ0v) is 16.3. The Bertz CT molecular complexity index is 718. The van der Waals surface area contributed by atoms with Crippen LogP contribution < -0.4 is 24.3 Å². The molecule has 0 aromatic heterocycles. The van der Waals surface area contributed by atoms with Gasteiger partial charge >= 0.3 is 0 Å². The molecule has 2 rings (SSSR count). The molecular formula is C21H27NO5. The molecule has 0 radical (unpaired) electrons. The van der Waals surface area contributed by atoms with Crippen LogP contribution in [0.1, 0.15) is 30.1 Å². The van der Waals surface area contributed by atoms with E-state index in [-0.39, 0.29) is 5.78 Å². The summed E-state index contributed by atoms with van der Waals surface area (Å²) in [5.74, 6) is 2.51. The molecule has 0 saturated heterocycles. The van der Waals surface area contributed by atoms with Crippen LogP contribution in [-0.4, -0.2) is 40.3 Å². The fourth-order valence-corrected chi connectivity index (χ4v) is 2.60. The normalized spacial score (nSPS) is 10.2. The fourth-order valence-electron chi connectivity index (χ4n) is 2.60. The predicted molar refractivity (Wildman–Crippen MR) is 106 cm³/mol. The maximum absolute atomic E-state index is 12.4. The Morgan fingerprint density at radius 2 is 1.59 bits per heavy atom. The van der Waals surface area contributed by atoms with Crippen LogP contribution >= 0.6 is 0 Å². The second-order valence-electron chi connectivity index (χ2n) is 5.89. The third-order valence-corrected chi connectivity index (χ3v) is 4.00. The number of nitrogens with one attached hydrogen (secondary N) is 1. The van der Waals surface area contributed by atoms with Gasteiger partial charge in [0.1, 0.15) is 5.75 Å². The first-order chi connectivity index (χ1) is 13.1. The molecule has 0 aliphatic rings. The molecular weight excluding hydrogens is 346 g/mol. The van der Waals surface area contributed by atoms with Crippen molar-refractivity contribution in [1.82, 2.24) is 0 Å². The summed E-state index contributed by atoms with van der Waals surface area (Å²) >= 11 is 0. The fraction of sp³-hybridized carbons (Fsp3) is 0.381. The number of ketones is 1. The van der Waals surface area contributed by atoms with E-state index in [9.17, 15) is 4.79 Å². The van der Waals surface area contributed by atoms with Gasteiger partial charge in [-0.3, -0.25) is 4.79 Å². The first-order valence-electron chi connectivity index (χ1n) is 8.92. The number of benzene rings is 2. The van der Waals surface area contributed by atoms with Gasteiger partial charge in [-0.2, -0.15) is 0 Å². The minimum atomic E-state index is 0.0667. The number of hydrogen-bond acceptors (Lipinski definition) is 6. The van der Waals surface area contributed by atoms with Crippen molar-refractivity contribution in [2.45, 2.75) is 19.8 Å². The van der Waals surface area contributed by atoms with Gasteiger partial charge < -0.3 is 24.3 Å². The molecule has 1 N–H and O–H groups in total. The van der Waals surface area contributed by atoms with Crippen LogP contribution in [0.4, 0.5) is 5.69 Å². The third kappa shape index (κ3) is 5.54. The smallest absolute Gasteiger partial charge is 0.203 e. The van der Waals surface area contributed by atoms with Crippen molar-refractivity contribution in [3.8, 4) is 23.0 Å². The summed E-state index contributed by atoms with van der Waals surface area (Å²) < 4.78 is 21.5. The van der Waals surface area contributed by atoms with Crippen LogP contribution in [0.15, 0.2) is 36.4 Å². The molecule has 0 atom stereocenters. The second kappa shape index (κ2) is 10.3. The van der Waals surface area contributed by atoms with Gasteiger partial charge in [-0.05, 0) is 30.7 Å². The number of hydrogen-bond donors (Lipinski definition) is 1. The predicted octanol–water partition coefficient (Wildman–Crippen LogP) is 4.19. The molecule has 27 heavy (non-hydrogen) atoms. The number of ether oxygens (including phenoxy) is 4. The summed E-state index contributed by atoms with van der Waals surface area (Å²) in [5, 5.41) is 3.22. The van der Waals surface area contributed by atoms with Crippen molar-refractivity contribution in [2.75, 3.05) is 39.8 Å². The molecule has 2 aromatic rings. The number of carbonyl (C=O) groups is 1. The minimum absolute atomic E-state index is 0.0667. The molecule has 0 bridgehead atoms. The van der Waals surface area contributed by atoms with E-state index >= 15 is 0 Å².